The van der Waals surface area contributed by atoms with Gasteiger partial charge in [-0.05, 0) is 12.1 Å². The molecule has 0 saturated carbocycles. The van der Waals surface area contributed by atoms with Crippen molar-refractivity contribution < 1.29 is 9.32 Å². The van der Waals surface area contributed by atoms with Crippen LogP contribution in [0.15, 0.2) is 33.7 Å². The molecular weight excluding hydrogens is 248 g/mol. The molecule has 0 aliphatic heterocycles. The van der Waals surface area contributed by atoms with Crippen LogP contribution in [0.5, 0.6) is 0 Å². The highest BCUT2D eigenvalue weighted by Gasteiger charge is 2.09. The number of carbonyl (C=O) groups excluding carboxylic acids is 1. The van der Waals surface area contributed by atoms with Crippen molar-refractivity contribution in [3.05, 3.63) is 41.5 Å². The molecule has 1 heterocycles. The topological polar surface area (TPSA) is 56.0 Å². The van der Waals surface area contributed by atoms with Gasteiger partial charge in [-0.3, -0.25) is 4.79 Å². The standard InChI is InChI=1S/C13H14N2O2S/c1-9(2)13-14-12(15-17-13)8-18-11-5-3-10(7-16)4-6-11/h3-7,9H,8H2,1-2H3. The Morgan fingerprint density at radius 2 is 2.06 bits per heavy atom. The molecule has 1 aromatic carbocycles. The number of benzene rings is 1. The van der Waals surface area contributed by atoms with Gasteiger partial charge in [0.25, 0.3) is 0 Å². The number of hydrogen-bond donors (Lipinski definition) is 0. The van der Waals surface area contributed by atoms with Crippen molar-refractivity contribution in [3.8, 4) is 0 Å². The first kappa shape index (κ1) is 12.8. The van der Waals surface area contributed by atoms with Crippen molar-refractivity contribution >= 4 is 18.0 Å². The summed E-state index contributed by atoms with van der Waals surface area (Å²) in [5.41, 5.74) is 0.681. The highest BCUT2D eigenvalue weighted by molar-refractivity contribution is 7.98. The van der Waals surface area contributed by atoms with Crippen LogP contribution in [0.2, 0.25) is 0 Å². The first-order valence-electron chi connectivity index (χ1n) is 5.69. The fraction of sp³-hybridized carbons (Fsp3) is 0.308. The molecule has 18 heavy (non-hydrogen) atoms. The van der Waals surface area contributed by atoms with Crippen molar-refractivity contribution in [1.29, 1.82) is 0 Å². The summed E-state index contributed by atoms with van der Waals surface area (Å²) in [6.45, 7) is 4.03. The lowest BCUT2D eigenvalue weighted by Crippen LogP contribution is -1.88. The Bertz CT molecular complexity index is 520. The van der Waals surface area contributed by atoms with Gasteiger partial charge in [0.05, 0.1) is 5.75 Å². The van der Waals surface area contributed by atoms with Crippen molar-refractivity contribution in [2.45, 2.75) is 30.4 Å². The molecule has 0 aliphatic rings. The van der Waals surface area contributed by atoms with E-state index in [0.717, 1.165) is 11.2 Å². The Morgan fingerprint density at radius 3 is 2.61 bits per heavy atom. The normalized spacial score (nSPS) is 10.8. The van der Waals surface area contributed by atoms with E-state index in [2.05, 4.69) is 10.1 Å². The van der Waals surface area contributed by atoms with Gasteiger partial charge in [0.2, 0.25) is 5.89 Å². The van der Waals surface area contributed by atoms with Gasteiger partial charge in [0, 0.05) is 16.4 Å². The fourth-order valence-corrected chi connectivity index (χ4v) is 2.09. The monoisotopic (exact) mass is 262 g/mol. The number of thioether (sulfide) groups is 1. The van der Waals surface area contributed by atoms with Gasteiger partial charge >= 0.3 is 0 Å². The van der Waals surface area contributed by atoms with Crippen LogP contribution in [0.25, 0.3) is 0 Å². The van der Waals surface area contributed by atoms with Gasteiger partial charge in [0.1, 0.15) is 6.29 Å². The maximum Gasteiger partial charge on any atom is 0.229 e. The summed E-state index contributed by atoms with van der Waals surface area (Å²) in [5, 5.41) is 3.92. The minimum absolute atomic E-state index is 0.253. The molecule has 0 N–H and O–H groups in total. The van der Waals surface area contributed by atoms with Crippen LogP contribution >= 0.6 is 11.8 Å². The zero-order chi connectivity index (χ0) is 13.0. The highest BCUT2D eigenvalue weighted by atomic mass is 32.2. The second-order valence-corrected chi connectivity index (χ2v) is 5.23. The minimum Gasteiger partial charge on any atom is -0.339 e. The van der Waals surface area contributed by atoms with Gasteiger partial charge in [-0.15, -0.1) is 11.8 Å². The van der Waals surface area contributed by atoms with E-state index in [-0.39, 0.29) is 5.92 Å². The molecule has 94 valence electrons. The summed E-state index contributed by atoms with van der Waals surface area (Å²) in [6, 6.07) is 7.42. The van der Waals surface area contributed by atoms with E-state index in [1.807, 2.05) is 26.0 Å². The maximum absolute atomic E-state index is 10.5. The lowest BCUT2D eigenvalue weighted by atomic mass is 10.2. The summed E-state index contributed by atoms with van der Waals surface area (Å²) in [7, 11) is 0. The predicted octanol–water partition coefficient (Wildman–Crippen LogP) is 3.30. The van der Waals surface area contributed by atoms with Gasteiger partial charge < -0.3 is 4.52 Å². The summed E-state index contributed by atoms with van der Waals surface area (Å²) in [5.74, 6) is 2.28. The van der Waals surface area contributed by atoms with E-state index in [9.17, 15) is 4.79 Å². The first-order valence-corrected chi connectivity index (χ1v) is 6.68. The van der Waals surface area contributed by atoms with Crippen LogP contribution in [-0.2, 0) is 5.75 Å². The van der Waals surface area contributed by atoms with Crippen molar-refractivity contribution in [3.63, 3.8) is 0 Å². The van der Waals surface area contributed by atoms with Crippen LogP contribution < -0.4 is 0 Å². The summed E-state index contributed by atoms with van der Waals surface area (Å²) < 4.78 is 5.13. The van der Waals surface area contributed by atoms with E-state index >= 15 is 0 Å². The smallest absolute Gasteiger partial charge is 0.229 e. The molecule has 0 saturated heterocycles. The molecule has 0 fully saturated rings. The summed E-state index contributed by atoms with van der Waals surface area (Å²) >= 11 is 1.62. The number of aldehydes is 1. The van der Waals surface area contributed by atoms with Gasteiger partial charge in [-0.1, -0.05) is 31.1 Å². The van der Waals surface area contributed by atoms with Gasteiger partial charge in [-0.2, -0.15) is 4.98 Å². The Hall–Kier alpha value is -1.62. The number of rotatable bonds is 5. The van der Waals surface area contributed by atoms with E-state index in [0.29, 0.717) is 23.0 Å². The van der Waals surface area contributed by atoms with E-state index in [1.54, 1.807) is 23.9 Å². The van der Waals surface area contributed by atoms with Crippen LogP contribution in [0.1, 0.15) is 41.8 Å². The second kappa shape index (κ2) is 5.82. The molecule has 4 nitrogen and oxygen atoms in total. The third-order valence-corrected chi connectivity index (χ3v) is 3.37. The average Bonchev–Trinajstić information content (AvgIpc) is 2.86. The molecule has 0 bridgehead atoms. The largest absolute Gasteiger partial charge is 0.339 e. The quantitative estimate of drug-likeness (QED) is 0.611. The van der Waals surface area contributed by atoms with Crippen molar-refractivity contribution in [1.82, 2.24) is 10.1 Å². The summed E-state index contributed by atoms with van der Waals surface area (Å²) in [6.07, 6.45) is 0.836. The van der Waals surface area contributed by atoms with Crippen LogP contribution in [0.4, 0.5) is 0 Å². The van der Waals surface area contributed by atoms with Gasteiger partial charge in [0.15, 0.2) is 5.82 Å². The lowest BCUT2D eigenvalue weighted by molar-refractivity contribution is 0.112. The van der Waals surface area contributed by atoms with E-state index in [1.165, 1.54) is 0 Å². The third-order valence-electron chi connectivity index (χ3n) is 2.36. The maximum atomic E-state index is 10.5. The summed E-state index contributed by atoms with van der Waals surface area (Å²) in [4.78, 5) is 15.9. The molecule has 0 unspecified atom stereocenters. The molecule has 2 rings (SSSR count). The molecule has 0 amide bonds. The second-order valence-electron chi connectivity index (χ2n) is 4.18. The van der Waals surface area contributed by atoms with Crippen LogP contribution in [-0.4, -0.2) is 16.4 Å². The molecule has 0 radical (unpaired) electrons. The molecular formula is C13H14N2O2S. The Balaban J connectivity index is 1.95. The number of hydrogen-bond acceptors (Lipinski definition) is 5. The average molecular weight is 262 g/mol. The molecule has 2 aromatic rings. The predicted molar refractivity (Wildman–Crippen MR) is 69.8 cm³/mol. The van der Waals surface area contributed by atoms with Crippen molar-refractivity contribution in [2.24, 2.45) is 0 Å². The lowest BCUT2D eigenvalue weighted by Gasteiger charge is -1.98. The molecule has 5 heteroatoms. The Kier molecular flexibility index (Phi) is 4.15. The molecule has 0 aliphatic carbocycles. The Morgan fingerprint density at radius 1 is 1.33 bits per heavy atom. The third kappa shape index (κ3) is 3.20. The SMILES string of the molecule is CC(C)c1nc(CSc2ccc(C=O)cc2)no1. The fourth-order valence-electron chi connectivity index (χ4n) is 1.35. The van der Waals surface area contributed by atoms with Crippen molar-refractivity contribution in [2.75, 3.05) is 0 Å². The van der Waals surface area contributed by atoms with E-state index < -0.39 is 0 Å². The van der Waals surface area contributed by atoms with E-state index in [4.69, 9.17) is 4.52 Å². The number of carbonyl (C=O) groups is 1. The molecule has 0 atom stereocenters. The van der Waals surface area contributed by atoms with Crippen LogP contribution in [0, 0.1) is 0 Å². The molecule has 0 spiro atoms. The van der Waals surface area contributed by atoms with Crippen LogP contribution in [0.3, 0.4) is 0 Å². The zero-order valence-electron chi connectivity index (χ0n) is 10.3. The Labute approximate surface area is 110 Å². The number of aromatic nitrogens is 2. The highest BCUT2D eigenvalue weighted by Crippen LogP contribution is 2.22. The number of nitrogens with zero attached hydrogens (tertiary/aromatic N) is 2. The first-order chi connectivity index (χ1) is 8.69. The van der Waals surface area contributed by atoms with Gasteiger partial charge in [-0.25, -0.2) is 0 Å². The minimum atomic E-state index is 0.253. The zero-order valence-corrected chi connectivity index (χ0v) is 11.1. The molecule has 1 aromatic heterocycles.